The average molecular weight is 302 g/mol. The van der Waals surface area contributed by atoms with Crippen molar-refractivity contribution in [2.45, 2.75) is 13.8 Å². The molecule has 17 heavy (non-hydrogen) atoms. The molecule has 1 rings (SSSR count). The molecule has 5 heteroatoms. The van der Waals surface area contributed by atoms with E-state index in [2.05, 4.69) is 21.2 Å². The number of hydrogen-bond acceptors (Lipinski definition) is 2. The van der Waals surface area contributed by atoms with Gasteiger partial charge in [0.05, 0.1) is 12.1 Å². The number of amides is 1. The zero-order valence-corrected chi connectivity index (χ0v) is 11.2. The standard InChI is InChI=1S/C12H13BrFNO2/c1-7(2)11(16)6-15-12(17)9-5-8(14)3-4-10(9)13/h3-5,7H,6H2,1-2H3,(H,15,17). The Labute approximate surface area is 108 Å². The maximum absolute atomic E-state index is 13.0. The molecule has 92 valence electrons. The summed E-state index contributed by atoms with van der Waals surface area (Å²) in [6.45, 7) is 3.47. The van der Waals surface area contributed by atoms with Crippen LogP contribution in [0.15, 0.2) is 22.7 Å². The van der Waals surface area contributed by atoms with Crippen molar-refractivity contribution >= 4 is 27.6 Å². The summed E-state index contributed by atoms with van der Waals surface area (Å²) in [4.78, 5) is 23.0. The summed E-state index contributed by atoms with van der Waals surface area (Å²) in [5, 5.41) is 2.46. The molecule has 1 N–H and O–H groups in total. The lowest BCUT2D eigenvalue weighted by Gasteiger charge is -2.08. The topological polar surface area (TPSA) is 46.2 Å². The van der Waals surface area contributed by atoms with Gasteiger partial charge in [0.2, 0.25) is 0 Å². The van der Waals surface area contributed by atoms with Crippen LogP contribution in [0.4, 0.5) is 4.39 Å². The van der Waals surface area contributed by atoms with Crippen LogP contribution in [0.5, 0.6) is 0 Å². The molecule has 0 saturated carbocycles. The van der Waals surface area contributed by atoms with Gasteiger partial charge in [-0.3, -0.25) is 9.59 Å². The van der Waals surface area contributed by atoms with Crippen molar-refractivity contribution in [2.75, 3.05) is 6.54 Å². The summed E-state index contributed by atoms with van der Waals surface area (Å²) in [5.74, 6) is -1.16. The predicted octanol–water partition coefficient (Wildman–Crippen LogP) is 2.54. The van der Waals surface area contributed by atoms with Gasteiger partial charge in [0.1, 0.15) is 5.82 Å². The summed E-state index contributed by atoms with van der Waals surface area (Å²) < 4.78 is 13.5. The Morgan fingerprint density at radius 2 is 2.06 bits per heavy atom. The molecule has 1 aromatic carbocycles. The monoisotopic (exact) mass is 301 g/mol. The third-order valence-corrected chi connectivity index (χ3v) is 2.93. The number of Topliss-reactive ketones (excluding diaryl/α,β-unsaturated/α-hetero) is 1. The Morgan fingerprint density at radius 3 is 2.65 bits per heavy atom. The maximum atomic E-state index is 13.0. The summed E-state index contributed by atoms with van der Waals surface area (Å²) in [6.07, 6.45) is 0. The highest BCUT2D eigenvalue weighted by molar-refractivity contribution is 9.10. The number of nitrogens with one attached hydrogen (secondary N) is 1. The van der Waals surface area contributed by atoms with E-state index < -0.39 is 11.7 Å². The van der Waals surface area contributed by atoms with Crippen LogP contribution in [0.3, 0.4) is 0 Å². The first-order valence-corrected chi connectivity index (χ1v) is 5.97. The van der Waals surface area contributed by atoms with E-state index in [9.17, 15) is 14.0 Å². The van der Waals surface area contributed by atoms with E-state index in [-0.39, 0.29) is 23.8 Å². The van der Waals surface area contributed by atoms with Crippen LogP contribution < -0.4 is 5.32 Å². The van der Waals surface area contributed by atoms with E-state index in [1.165, 1.54) is 12.1 Å². The van der Waals surface area contributed by atoms with Gasteiger partial charge in [-0.2, -0.15) is 0 Å². The molecule has 0 spiro atoms. The van der Waals surface area contributed by atoms with E-state index >= 15 is 0 Å². The van der Waals surface area contributed by atoms with Crippen molar-refractivity contribution in [3.05, 3.63) is 34.1 Å². The van der Waals surface area contributed by atoms with Crippen LogP contribution >= 0.6 is 15.9 Å². The minimum Gasteiger partial charge on any atom is -0.345 e. The molecule has 0 atom stereocenters. The van der Waals surface area contributed by atoms with Gasteiger partial charge in [-0.1, -0.05) is 13.8 Å². The summed E-state index contributed by atoms with van der Waals surface area (Å²) in [6, 6.07) is 3.83. The highest BCUT2D eigenvalue weighted by Gasteiger charge is 2.13. The Kier molecular flexibility index (Phi) is 4.81. The predicted molar refractivity (Wildman–Crippen MR) is 66.3 cm³/mol. The number of rotatable bonds is 4. The van der Waals surface area contributed by atoms with E-state index in [4.69, 9.17) is 0 Å². The molecule has 0 aliphatic rings. The second-order valence-electron chi connectivity index (χ2n) is 3.93. The fourth-order valence-corrected chi connectivity index (χ4v) is 1.56. The second-order valence-corrected chi connectivity index (χ2v) is 4.78. The molecular formula is C12H13BrFNO2. The Hall–Kier alpha value is -1.23. The Balaban J connectivity index is 2.70. The lowest BCUT2D eigenvalue weighted by molar-refractivity contribution is -0.120. The van der Waals surface area contributed by atoms with E-state index in [0.29, 0.717) is 4.47 Å². The third kappa shape index (κ3) is 3.93. The first-order chi connectivity index (χ1) is 7.91. The summed E-state index contributed by atoms with van der Waals surface area (Å²) in [7, 11) is 0. The van der Waals surface area contributed by atoms with Gasteiger partial charge in [-0.25, -0.2) is 4.39 Å². The summed E-state index contributed by atoms with van der Waals surface area (Å²) in [5.41, 5.74) is 0.182. The molecule has 0 radical (unpaired) electrons. The van der Waals surface area contributed by atoms with E-state index in [1.54, 1.807) is 13.8 Å². The molecule has 1 aromatic rings. The number of halogens is 2. The quantitative estimate of drug-likeness (QED) is 0.929. The Morgan fingerprint density at radius 1 is 1.41 bits per heavy atom. The van der Waals surface area contributed by atoms with Crippen LogP contribution in [-0.2, 0) is 4.79 Å². The number of hydrogen-bond donors (Lipinski definition) is 1. The van der Waals surface area contributed by atoms with Gasteiger partial charge < -0.3 is 5.32 Å². The van der Waals surface area contributed by atoms with Crippen molar-refractivity contribution in [1.29, 1.82) is 0 Å². The third-order valence-electron chi connectivity index (χ3n) is 2.24. The first kappa shape index (κ1) is 13.8. The van der Waals surface area contributed by atoms with Crippen LogP contribution in [0.1, 0.15) is 24.2 Å². The molecule has 0 saturated heterocycles. The summed E-state index contributed by atoms with van der Waals surface area (Å²) >= 11 is 3.15. The Bertz CT molecular complexity index is 446. The van der Waals surface area contributed by atoms with E-state index in [0.717, 1.165) is 6.07 Å². The number of carbonyl (C=O) groups is 2. The largest absolute Gasteiger partial charge is 0.345 e. The van der Waals surface area contributed by atoms with Crippen LogP contribution in [0.2, 0.25) is 0 Å². The lowest BCUT2D eigenvalue weighted by atomic mass is 10.1. The molecule has 0 heterocycles. The van der Waals surface area contributed by atoms with Crippen LogP contribution in [-0.4, -0.2) is 18.2 Å². The van der Waals surface area contributed by atoms with Gasteiger partial charge in [0, 0.05) is 10.4 Å². The normalized spacial score (nSPS) is 10.4. The fraction of sp³-hybridized carbons (Fsp3) is 0.333. The molecule has 0 bridgehead atoms. The van der Waals surface area contributed by atoms with Crippen LogP contribution in [0.25, 0.3) is 0 Å². The minimum absolute atomic E-state index is 0.0422. The zero-order chi connectivity index (χ0) is 13.0. The van der Waals surface area contributed by atoms with Gasteiger partial charge >= 0.3 is 0 Å². The minimum atomic E-state index is -0.492. The smallest absolute Gasteiger partial charge is 0.252 e. The van der Waals surface area contributed by atoms with Gasteiger partial charge in [0.15, 0.2) is 5.78 Å². The lowest BCUT2D eigenvalue weighted by Crippen LogP contribution is -2.31. The SMILES string of the molecule is CC(C)C(=O)CNC(=O)c1cc(F)ccc1Br. The molecule has 0 aromatic heterocycles. The zero-order valence-electron chi connectivity index (χ0n) is 9.59. The van der Waals surface area contributed by atoms with E-state index in [1.807, 2.05) is 0 Å². The van der Waals surface area contributed by atoms with Gasteiger partial charge in [0.25, 0.3) is 5.91 Å². The van der Waals surface area contributed by atoms with Crippen molar-refractivity contribution in [2.24, 2.45) is 5.92 Å². The molecule has 0 aliphatic heterocycles. The number of benzene rings is 1. The molecule has 0 fully saturated rings. The highest BCUT2D eigenvalue weighted by atomic mass is 79.9. The molecule has 1 amide bonds. The molecular weight excluding hydrogens is 289 g/mol. The number of ketones is 1. The van der Waals surface area contributed by atoms with Gasteiger partial charge in [-0.15, -0.1) is 0 Å². The number of carbonyl (C=O) groups excluding carboxylic acids is 2. The van der Waals surface area contributed by atoms with Crippen LogP contribution in [0, 0.1) is 11.7 Å². The van der Waals surface area contributed by atoms with Crippen molar-refractivity contribution < 1.29 is 14.0 Å². The first-order valence-electron chi connectivity index (χ1n) is 5.17. The fourth-order valence-electron chi connectivity index (χ4n) is 1.14. The highest BCUT2D eigenvalue weighted by Crippen LogP contribution is 2.17. The van der Waals surface area contributed by atoms with Crippen molar-refractivity contribution in [3.8, 4) is 0 Å². The van der Waals surface area contributed by atoms with Crippen molar-refractivity contribution in [1.82, 2.24) is 5.32 Å². The van der Waals surface area contributed by atoms with Gasteiger partial charge in [-0.05, 0) is 34.1 Å². The second kappa shape index (κ2) is 5.91. The molecule has 3 nitrogen and oxygen atoms in total. The molecule has 0 aliphatic carbocycles. The maximum Gasteiger partial charge on any atom is 0.252 e. The molecule has 0 unspecified atom stereocenters. The average Bonchev–Trinajstić information content (AvgIpc) is 2.28. The van der Waals surface area contributed by atoms with Crippen molar-refractivity contribution in [3.63, 3.8) is 0 Å².